The number of benzene rings is 1. The van der Waals surface area contributed by atoms with Gasteiger partial charge in [0.2, 0.25) is 0 Å². The molecular weight excluding hydrogens is 318 g/mol. The number of hydrogen-bond acceptors (Lipinski definition) is 3. The van der Waals surface area contributed by atoms with E-state index >= 15 is 0 Å². The van der Waals surface area contributed by atoms with Gasteiger partial charge in [0.05, 0.1) is 23.2 Å². The van der Waals surface area contributed by atoms with E-state index in [0.717, 1.165) is 10.0 Å². The van der Waals surface area contributed by atoms with Gasteiger partial charge < -0.3 is 5.32 Å². The fraction of sp³-hybridized carbons (Fsp3) is 0.133. The lowest BCUT2D eigenvalue weighted by molar-refractivity contribution is 0.0939. The summed E-state index contributed by atoms with van der Waals surface area (Å²) in [6, 6.07) is 10.8. The molecule has 1 aromatic carbocycles. The van der Waals surface area contributed by atoms with Crippen LogP contribution in [0.4, 0.5) is 0 Å². The number of halogens is 1. The van der Waals surface area contributed by atoms with Crippen molar-refractivity contribution in [1.29, 1.82) is 5.26 Å². The molecule has 5 heteroatoms. The molecule has 4 nitrogen and oxygen atoms in total. The molecule has 2 aromatic rings. The van der Waals surface area contributed by atoms with Crippen molar-refractivity contribution in [3.05, 3.63) is 63.9 Å². The summed E-state index contributed by atoms with van der Waals surface area (Å²) in [5.41, 5.74) is 2.05. The summed E-state index contributed by atoms with van der Waals surface area (Å²) in [7, 11) is 0. The first kappa shape index (κ1) is 14.2. The molecule has 1 atom stereocenters. The molecule has 1 unspecified atom stereocenters. The third kappa shape index (κ3) is 3.43. The molecule has 1 amide bonds. The number of rotatable bonds is 3. The molecule has 20 heavy (non-hydrogen) atoms. The molecule has 0 bridgehead atoms. The Morgan fingerprint density at radius 1 is 1.35 bits per heavy atom. The molecule has 0 fully saturated rings. The molecule has 0 saturated carbocycles. The molecule has 0 saturated heterocycles. The number of pyridine rings is 1. The van der Waals surface area contributed by atoms with E-state index in [-0.39, 0.29) is 11.9 Å². The number of carbonyl (C=O) groups is 1. The van der Waals surface area contributed by atoms with Gasteiger partial charge in [0, 0.05) is 16.9 Å². The standard InChI is InChI=1S/C15H12BrN3O/c1-10(12-4-2-11(7-17)3-5-12)19-15(20)13-6-14(16)9-18-8-13/h2-6,8-10H,1H3,(H,19,20). The van der Waals surface area contributed by atoms with Crippen LogP contribution < -0.4 is 5.32 Å². The van der Waals surface area contributed by atoms with Gasteiger partial charge in [-0.25, -0.2) is 0 Å². The average Bonchev–Trinajstić information content (AvgIpc) is 2.47. The van der Waals surface area contributed by atoms with Gasteiger partial charge in [-0.2, -0.15) is 5.26 Å². The largest absolute Gasteiger partial charge is 0.345 e. The van der Waals surface area contributed by atoms with Crippen LogP contribution in [0, 0.1) is 11.3 Å². The summed E-state index contributed by atoms with van der Waals surface area (Å²) in [6.45, 7) is 1.89. The molecule has 0 aliphatic rings. The third-order valence-electron chi connectivity index (χ3n) is 2.85. The van der Waals surface area contributed by atoms with Gasteiger partial charge in [-0.15, -0.1) is 0 Å². The van der Waals surface area contributed by atoms with E-state index in [1.54, 1.807) is 24.4 Å². The second kappa shape index (κ2) is 6.31. The third-order valence-corrected chi connectivity index (χ3v) is 3.29. The van der Waals surface area contributed by atoms with E-state index in [1.165, 1.54) is 6.20 Å². The molecule has 1 heterocycles. The Kier molecular flexibility index (Phi) is 4.49. The van der Waals surface area contributed by atoms with Crippen molar-refractivity contribution in [3.8, 4) is 6.07 Å². The van der Waals surface area contributed by atoms with Crippen LogP contribution in [-0.2, 0) is 0 Å². The van der Waals surface area contributed by atoms with Gasteiger partial charge >= 0.3 is 0 Å². The lowest BCUT2D eigenvalue weighted by atomic mass is 10.1. The van der Waals surface area contributed by atoms with Gasteiger partial charge in [-0.05, 0) is 46.6 Å². The maximum Gasteiger partial charge on any atom is 0.253 e. The summed E-state index contributed by atoms with van der Waals surface area (Å²) in [6.07, 6.45) is 3.15. The van der Waals surface area contributed by atoms with Crippen molar-refractivity contribution in [2.24, 2.45) is 0 Å². The SMILES string of the molecule is CC(NC(=O)c1cncc(Br)c1)c1ccc(C#N)cc1. The van der Waals surface area contributed by atoms with Crippen LogP contribution in [0.3, 0.4) is 0 Å². The number of carbonyl (C=O) groups excluding carboxylic acids is 1. The summed E-state index contributed by atoms with van der Waals surface area (Å²) in [5, 5.41) is 11.7. The zero-order valence-electron chi connectivity index (χ0n) is 10.8. The van der Waals surface area contributed by atoms with Gasteiger partial charge in [0.15, 0.2) is 0 Å². The zero-order chi connectivity index (χ0) is 14.5. The minimum atomic E-state index is -0.185. The Morgan fingerprint density at radius 3 is 2.65 bits per heavy atom. The van der Waals surface area contributed by atoms with E-state index in [4.69, 9.17) is 5.26 Å². The molecule has 1 aromatic heterocycles. The summed E-state index contributed by atoms with van der Waals surface area (Å²) in [4.78, 5) is 16.0. The number of amides is 1. The first-order valence-corrected chi connectivity index (χ1v) is 6.81. The average molecular weight is 330 g/mol. The fourth-order valence-electron chi connectivity index (χ4n) is 1.75. The van der Waals surface area contributed by atoms with Crippen molar-refractivity contribution >= 4 is 21.8 Å². The molecule has 2 rings (SSSR count). The predicted molar refractivity (Wildman–Crippen MR) is 79.0 cm³/mol. The Bertz CT molecular complexity index is 662. The fourth-order valence-corrected chi connectivity index (χ4v) is 2.11. The quantitative estimate of drug-likeness (QED) is 0.940. The van der Waals surface area contributed by atoms with Crippen LogP contribution >= 0.6 is 15.9 Å². The smallest absolute Gasteiger partial charge is 0.253 e. The van der Waals surface area contributed by atoms with Crippen molar-refractivity contribution in [2.45, 2.75) is 13.0 Å². The first-order valence-electron chi connectivity index (χ1n) is 6.01. The second-order valence-corrected chi connectivity index (χ2v) is 5.24. The molecular formula is C15H12BrN3O. The number of nitrogens with zero attached hydrogens (tertiary/aromatic N) is 2. The Morgan fingerprint density at radius 2 is 2.05 bits per heavy atom. The highest BCUT2D eigenvalue weighted by molar-refractivity contribution is 9.10. The Balaban J connectivity index is 2.09. The van der Waals surface area contributed by atoms with Crippen LogP contribution in [0.1, 0.15) is 34.5 Å². The van der Waals surface area contributed by atoms with Gasteiger partial charge in [0.25, 0.3) is 5.91 Å². The number of nitrogens with one attached hydrogen (secondary N) is 1. The highest BCUT2D eigenvalue weighted by Crippen LogP contribution is 2.15. The van der Waals surface area contributed by atoms with E-state index < -0.39 is 0 Å². The summed E-state index contributed by atoms with van der Waals surface area (Å²) < 4.78 is 0.760. The van der Waals surface area contributed by atoms with Crippen LogP contribution in [0.15, 0.2) is 47.2 Å². The van der Waals surface area contributed by atoms with Crippen molar-refractivity contribution < 1.29 is 4.79 Å². The lowest BCUT2D eigenvalue weighted by Crippen LogP contribution is -2.26. The molecule has 0 radical (unpaired) electrons. The van der Waals surface area contributed by atoms with E-state index in [0.29, 0.717) is 11.1 Å². The molecule has 0 aliphatic heterocycles. The highest BCUT2D eigenvalue weighted by atomic mass is 79.9. The Hall–Kier alpha value is -2.19. The zero-order valence-corrected chi connectivity index (χ0v) is 12.4. The number of aromatic nitrogens is 1. The second-order valence-electron chi connectivity index (χ2n) is 4.32. The summed E-state index contributed by atoms with van der Waals surface area (Å²) in [5.74, 6) is -0.185. The summed E-state index contributed by atoms with van der Waals surface area (Å²) >= 11 is 3.28. The van der Waals surface area contributed by atoms with Crippen LogP contribution in [0.5, 0.6) is 0 Å². The van der Waals surface area contributed by atoms with Crippen molar-refractivity contribution in [1.82, 2.24) is 10.3 Å². The normalized spacial score (nSPS) is 11.4. The monoisotopic (exact) mass is 329 g/mol. The van der Waals surface area contributed by atoms with Crippen molar-refractivity contribution in [2.75, 3.05) is 0 Å². The molecule has 100 valence electrons. The lowest BCUT2D eigenvalue weighted by Gasteiger charge is -2.14. The van der Waals surface area contributed by atoms with E-state index in [9.17, 15) is 4.79 Å². The minimum Gasteiger partial charge on any atom is -0.345 e. The number of nitriles is 1. The first-order chi connectivity index (χ1) is 9.60. The maximum atomic E-state index is 12.1. The van der Waals surface area contributed by atoms with E-state index in [2.05, 4.69) is 32.3 Å². The van der Waals surface area contributed by atoms with Gasteiger partial charge in [-0.1, -0.05) is 12.1 Å². The molecule has 1 N–H and O–H groups in total. The maximum absolute atomic E-state index is 12.1. The highest BCUT2D eigenvalue weighted by Gasteiger charge is 2.12. The van der Waals surface area contributed by atoms with Crippen LogP contribution in [0.25, 0.3) is 0 Å². The predicted octanol–water partition coefficient (Wildman–Crippen LogP) is 3.21. The van der Waals surface area contributed by atoms with Crippen LogP contribution in [-0.4, -0.2) is 10.9 Å². The topological polar surface area (TPSA) is 65.8 Å². The van der Waals surface area contributed by atoms with Crippen LogP contribution in [0.2, 0.25) is 0 Å². The van der Waals surface area contributed by atoms with E-state index in [1.807, 2.05) is 19.1 Å². The van der Waals surface area contributed by atoms with Crippen molar-refractivity contribution in [3.63, 3.8) is 0 Å². The van der Waals surface area contributed by atoms with Gasteiger partial charge in [0.1, 0.15) is 0 Å². The molecule has 0 spiro atoms. The Labute approximate surface area is 125 Å². The minimum absolute atomic E-state index is 0.144. The molecule has 0 aliphatic carbocycles. The van der Waals surface area contributed by atoms with Gasteiger partial charge in [-0.3, -0.25) is 9.78 Å². The number of hydrogen-bond donors (Lipinski definition) is 1.